The zero-order valence-electron chi connectivity index (χ0n) is 21.3. The van der Waals surface area contributed by atoms with Crippen molar-refractivity contribution in [3.8, 4) is 11.4 Å². The highest BCUT2D eigenvalue weighted by Gasteiger charge is 2.50. The highest BCUT2D eigenvalue weighted by molar-refractivity contribution is 5.94. The van der Waals surface area contributed by atoms with E-state index in [1.807, 2.05) is 13.0 Å². The molecule has 7 rings (SSSR count). The summed E-state index contributed by atoms with van der Waals surface area (Å²) in [5, 5.41) is 13.8. The standard InChI is InChI=1S/C29H28FN3O5/c1-3-14-16-8-22-25-17(10-33(22)26(35)18(16)11-38-27(14)36)24-20(32-28(37)29(12-34)6-7-29)5-4-15-13(2)19(30)9-21(31-25)23(15)24/h8-9,14,20,34H,3-7,10-12H2,1-2H3,(H,32,37). The first-order valence-corrected chi connectivity index (χ1v) is 13.3. The second-order valence-corrected chi connectivity index (χ2v) is 11.1. The summed E-state index contributed by atoms with van der Waals surface area (Å²) in [5.74, 6) is -1.37. The molecule has 196 valence electrons. The number of nitrogens with one attached hydrogen (secondary N) is 1. The van der Waals surface area contributed by atoms with E-state index in [-0.39, 0.29) is 49.1 Å². The number of carbonyl (C=O) groups is 2. The van der Waals surface area contributed by atoms with Gasteiger partial charge in [0.25, 0.3) is 5.56 Å². The number of ether oxygens (including phenoxy) is 1. The van der Waals surface area contributed by atoms with Gasteiger partial charge in [-0.2, -0.15) is 0 Å². The molecule has 0 spiro atoms. The van der Waals surface area contributed by atoms with Crippen LogP contribution in [0.3, 0.4) is 0 Å². The molecule has 4 heterocycles. The molecule has 8 nitrogen and oxygen atoms in total. The lowest BCUT2D eigenvalue weighted by atomic mass is 9.81. The van der Waals surface area contributed by atoms with Crippen molar-refractivity contribution in [3.63, 3.8) is 0 Å². The van der Waals surface area contributed by atoms with E-state index in [0.717, 1.165) is 22.1 Å². The Labute approximate surface area is 217 Å². The third kappa shape index (κ3) is 3.05. The van der Waals surface area contributed by atoms with E-state index >= 15 is 4.39 Å². The van der Waals surface area contributed by atoms with Crippen LogP contribution in [0.2, 0.25) is 0 Å². The van der Waals surface area contributed by atoms with Crippen molar-refractivity contribution in [2.45, 2.75) is 71.1 Å². The van der Waals surface area contributed by atoms with Crippen molar-refractivity contribution in [2.75, 3.05) is 6.61 Å². The van der Waals surface area contributed by atoms with Gasteiger partial charge in [-0.25, -0.2) is 9.37 Å². The SMILES string of the molecule is CCC1C(=O)OCc2c1cc1n(c2=O)Cc2c-1nc1cc(F)c(C)c3c1c2C(NC(=O)C1(CO)CC1)CC3. The quantitative estimate of drug-likeness (QED) is 0.402. The molecule has 9 heteroatoms. The second kappa shape index (κ2) is 7.96. The Morgan fingerprint density at radius 3 is 2.76 bits per heavy atom. The first-order chi connectivity index (χ1) is 18.3. The van der Waals surface area contributed by atoms with E-state index in [0.29, 0.717) is 65.7 Å². The topological polar surface area (TPSA) is 111 Å². The minimum absolute atomic E-state index is 0.0567. The summed E-state index contributed by atoms with van der Waals surface area (Å²) in [5.41, 5.74) is 5.05. The highest BCUT2D eigenvalue weighted by atomic mass is 19.1. The van der Waals surface area contributed by atoms with E-state index < -0.39 is 11.3 Å². The molecule has 2 aromatic heterocycles. The molecule has 38 heavy (non-hydrogen) atoms. The van der Waals surface area contributed by atoms with Crippen molar-refractivity contribution in [1.29, 1.82) is 0 Å². The third-order valence-electron chi connectivity index (χ3n) is 9.14. The molecule has 3 aromatic rings. The molecule has 1 amide bonds. The molecule has 2 aliphatic heterocycles. The Balaban J connectivity index is 1.46. The molecule has 2 aliphatic carbocycles. The molecule has 2 unspecified atom stereocenters. The van der Waals surface area contributed by atoms with Gasteiger partial charge in [-0.1, -0.05) is 6.92 Å². The summed E-state index contributed by atoms with van der Waals surface area (Å²) in [7, 11) is 0. The number of hydrogen-bond donors (Lipinski definition) is 2. The molecule has 0 saturated heterocycles. The number of hydrogen-bond acceptors (Lipinski definition) is 6. The zero-order chi connectivity index (χ0) is 26.5. The van der Waals surface area contributed by atoms with Gasteiger partial charge in [0.05, 0.1) is 53.0 Å². The number of aliphatic hydroxyl groups excluding tert-OH is 1. The van der Waals surface area contributed by atoms with E-state index in [1.54, 1.807) is 11.5 Å². The van der Waals surface area contributed by atoms with E-state index in [9.17, 15) is 19.5 Å². The number of nitrogens with zero attached hydrogens (tertiary/aromatic N) is 2. The largest absolute Gasteiger partial charge is 0.460 e. The Kier molecular flexibility index (Phi) is 4.93. The van der Waals surface area contributed by atoms with Gasteiger partial charge in [-0.05, 0) is 67.3 Å². The molecule has 0 radical (unpaired) electrons. The van der Waals surface area contributed by atoms with Crippen LogP contribution in [-0.4, -0.2) is 33.1 Å². The molecular weight excluding hydrogens is 489 g/mol. The lowest BCUT2D eigenvalue weighted by molar-refractivity contribution is -0.148. The fraction of sp³-hybridized carbons (Fsp3) is 0.448. The molecule has 1 fully saturated rings. The maximum atomic E-state index is 15.0. The molecule has 1 aromatic carbocycles. The van der Waals surface area contributed by atoms with Gasteiger partial charge in [0.15, 0.2) is 0 Å². The summed E-state index contributed by atoms with van der Waals surface area (Å²) in [6.45, 7) is 3.67. The monoisotopic (exact) mass is 517 g/mol. The average molecular weight is 518 g/mol. The molecule has 2 N–H and O–H groups in total. The lowest BCUT2D eigenvalue weighted by Crippen LogP contribution is -2.38. The molecule has 2 atom stereocenters. The summed E-state index contributed by atoms with van der Waals surface area (Å²) in [4.78, 5) is 44.2. The maximum absolute atomic E-state index is 15.0. The van der Waals surface area contributed by atoms with Crippen molar-refractivity contribution < 1.29 is 23.8 Å². The van der Waals surface area contributed by atoms with Gasteiger partial charge in [0, 0.05) is 17.0 Å². The van der Waals surface area contributed by atoms with Gasteiger partial charge >= 0.3 is 5.97 Å². The zero-order valence-corrected chi connectivity index (χ0v) is 21.3. The number of aliphatic hydroxyl groups is 1. The molecule has 4 aliphatic rings. The first-order valence-electron chi connectivity index (χ1n) is 13.3. The summed E-state index contributed by atoms with van der Waals surface area (Å²) < 4.78 is 22.0. The van der Waals surface area contributed by atoms with Crippen LogP contribution in [0.25, 0.3) is 22.3 Å². The van der Waals surface area contributed by atoms with Crippen LogP contribution in [0.15, 0.2) is 16.9 Å². The molecule has 0 bridgehead atoms. The van der Waals surface area contributed by atoms with Crippen LogP contribution in [0.1, 0.15) is 77.9 Å². The minimum atomic E-state index is -0.727. The Morgan fingerprint density at radius 2 is 2.05 bits per heavy atom. The van der Waals surface area contributed by atoms with Crippen molar-refractivity contribution >= 4 is 22.8 Å². The Morgan fingerprint density at radius 1 is 1.26 bits per heavy atom. The number of pyridine rings is 2. The minimum Gasteiger partial charge on any atom is -0.460 e. The Bertz CT molecular complexity index is 1650. The number of amides is 1. The second-order valence-electron chi connectivity index (χ2n) is 11.1. The smallest absolute Gasteiger partial charge is 0.313 e. The number of benzene rings is 1. The predicted octanol–water partition coefficient (Wildman–Crippen LogP) is 3.30. The summed E-state index contributed by atoms with van der Waals surface area (Å²) >= 11 is 0. The average Bonchev–Trinajstić information content (AvgIpc) is 3.63. The summed E-state index contributed by atoms with van der Waals surface area (Å²) in [6.07, 6.45) is 2.98. The van der Waals surface area contributed by atoms with Crippen molar-refractivity contribution in [2.24, 2.45) is 5.41 Å². The van der Waals surface area contributed by atoms with Crippen LogP contribution in [0.4, 0.5) is 4.39 Å². The van der Waals surface area contributed by atoms with E-state index in [2.05, 4.69) is 5.32 Å². The number of cyclic esters (lactones) is 1. The van der Waals surface area contributed by atoms with Gasteiger partial charge in [-0.15, -0.1) is 0 Å². The van der Waals surface area contributed by atoms with Gasteiger partial charge in [0.1, 0.15) is 12.4 Å². The van der Waals surface area contributed by atoms with Crippen LogP contribution in [-0.2, 0) is 33.9 Å². The number of esters is 1. The fourth-order valence-electron chi connectivity index (χ4n) is 6.64. The normalized spacial score (nSPS) is 21.9. The van der Waals surface area contributed by atoms with Crippen molar-refractivity contribution in [3.05, 3.63) is 61.7 Å². The lowest BCUT2D eigenvalue weighted by Gasteiger charge is -2.30. The van der Waals surface area contributed by atoms with Crippen molar-refractivity contribution in [1.82, 2.24) is 14.9 Å². The van der Waals surface area contributed by atoms with E-state index in [4.69, 9.17) is 9.72 Å². The van der Waals surface area contributed by atoms with Crippen LogP contribution < -0.4 is 10.9 Å². The van der Waals surface area contributed by atoms with E-state index in [1.165, 1.54) is 6.07 Å². The van der Waals surface area contributed by atoms with Gasteiger partial charge in [0.2, 0.25) is 5.91 Å². The van der Waals surface area contributed by atoms with Gasteiger partial charge < -0.3 is 19.7 Å². The van der Waals surface area contributed by atoms with Crippen LogP contribution in [0.5, 0.6) is 0 Å². The number of aryl methyl sites for hydroxylation is 1. The maximum Gasteiger partial charge on any atom is 0.313 e. The molecule has 1 saturated carbocycles. The first kappa shape index (κ1) is 23.5. The fourth-order valence-corrected chi connectivity index (χ4v) is 6.64. The predicted molar refractivity (Wildman–Crippen MR) is 136 cm³/mol. The Hall–Kier alpha value is -3.59. The highest BCUT2D eigenvalue weighted by Crippen LogP contribution is 2.48. The number of rotatable bonds is 4. The number of carbonyl (C=O) groups excluding carboxylic acids is 2. The van der Waals surface area contributed by atoms with Gasteiger partial charge in [-0.3, -0.25) is 14.4 Å². The molecular formula is C29H28FN3O5. The van der Waals surface area contributed by atoms with Crippen LogP contribution >= 0.6 is 0 Å². The van der Waals surface area contributed by atoms with Crippen LogP contribution in [0, 0.1) is 18.2 Å². The summed E-state index contributed by atoms with van der Waals surface area (Å²) in [6, 6.07) is 2.95. The third-order valence-corrected chi connectivity index (χ3v) is 9.14. The number of fused-ring (bicyclic) bond motifs is 5. The number of aromatic nitrogens is 2. The number of halogens is 1.